The van der Waals surface area contributed by atoms with E-state index in [1.54, 1.807) is 52.4 Å². The van der Waals surface area contributed by atoms with E-state index in [0.717, 1.165) is 18.9 Å². The average Bonchev–Trinajstić information content (AvgIpc) is 3.84. The molecular formula is C36H37F3N8O6. The lowest BCUT2D eigenvalue weighted by atomic mass is 10.0. The Bertz CT molecular complexity index is 1950. The lowest BCUT2D eigenvalue weighted by Gasteiger charge is -2.38. The molecular weight excluding hydrogens is 697 g/mol. The van der Waals surface area contributed by atoms with Crippen molar-refractivity contribution in [3.05, 3.63) is 78.4 Å². The van der Waals surface area contributed by atoms with Gasteiger partial charge in [-0.1, -0.05) is 24.3 Å². The van der Waals surface area contributed by atoms with Crippen LogP contribution in [-0.2, 0) is 14.3 Å². The summed E-state index contributed by atoms with van der Waals surface area (Å²) in [5, 5.41) is 5.01. The Labute approximate surface area is 302 Å². The topological polar surface area (TPSA) is 162 Å². The van der Waals surface area contributed by atoms with Gasteiger partial charge in [-0.25, -0.2) is 14.8 Å². The zero-order valence-electron chi connectivity index (χ0n) is 28.9. The number of hydrogen-bond donors (Lipinski definition) is 3. The molecule has 2 aliphatic rings. The van der Waals surface area contributed by atoms with Crippen molar-refractivity contribution < 1.29 is 41.8 Å². The van der Waals surface area contributed by atoms with E-state index in [0.29, 0.717) is 61.1 Å². The highest BCUT2D eigenvalue weighted by Crippen LogP contribution is 2.37. The third-order valence-corrected chi connectivity index (χ3v) is 9.17. The largest absolute Gasteiger partial charge is 0.573 e. The smallest absolute Gasteiger partial charge is 0.453 e. The molecule has 2 saturated heterocycles. The number of nitrogens with zero attached hydrogens (tertiary/aromatic N) is 5. The summed E-state index contributed by atoms with van der Waals surface area (Å²) in [5.74, 6) is -0.132. The maximum Gasteiger partial charge on any atom is 0.573 e. The summed E-state index contributed by atoms with van der Waals surface area (Å²) in [4.78, 5) is 65.8. The standard InChI is InChI=1S/C36H37F3N8O6/c1-22-20-45(14-15-46(22)21-48)31-12-9-25(17-40-31)34(50)43-26-10-11-27(30(16-26)53-36(37,38)39)23-5-7-24(8-6-23)28-18-41-33(44-28)29-4-3-13-47(29)32(49)19-42-35(51)52-2/h5-12,16-18,21-22,29H,3-4,13-15,19-20H2,1-2H3,(H,41,44)(H,42,51)(H,43,50). The summed E-state index contributed by atoms with van der Waals surface area (Å²) in [6, 6.07) is 13.7. The monoisotopic (exact) mass is 734 g/mol. The number of nitrogens with one attached hydrogen (secondary N) is 3. The normalized spacial score (nSPS) is 17.3. The Balaban J connectivity index is 1.14. The van der Waals surface area contributed by atoms with Crippen LogP contribution in [0.4, 0.5) is 29.5 Å². The van der Waals surface area contributed by atoms with Crippen molar-refractivity contribution in [2.75, 3.05) is 50.1 Å². The molecule has 4 aromatic rings. The van der Waals surface area contributed by atoms with Crippen LogP contribution in [0.25, 0.3) is 22.4 Å². The number of benzene rings is 2. The minimum atomic E-state index is -5.00. The van der Waals surface area contributed by atoms with Gasteiger partial charge in [0.25, 0.3) is 5.91 Å². The number of alkyl carbamates (subject to hydrolysis) is 1. The molecule has 6 rings (SSSR count). The number of ether oxygens (including phenoxy) is 2. The molecule has 278 valence electrons. The van der Waals surface area contributed by atoms with E-state index >= 15 is 0 Å². The van der Waals surface area contributed by atoms with Crippen molar-refractivity contribution in [2.24, 2.45) is 0 Å². The molecule has 2 aromatic heterocycles. The van der Waals surface area contributed by atoms with Gasteiger partial charge >= 0.3 is 12.5 Å². The molecule has 2 aromatic carbocycles. The Kier molecular flexibility index (Phi) is 10.8. The number of methoxy groups -OCH3 is 1. The van der Waals surface area contributed by atoms with E-state index in [-0.39, 0.29) is 41.3 Å². The van der Waals surface area contributed by atoms with Crippen molar-refractivity contribution in [2.45, 2.75) is 38.2 Å². The number of piperazine rings is 1. The maximum atomic E-state index is 13.5. The van der Waals surface area contributed by atoms with E-state index in [4.69, 9.17) is 0 Å². The third-order valence-electron chi connectivity index (χ3n) is 9.17. The van der Waals surface area contributed by atoms with Crippen molar-refractivity contribution in [1.29, 1.82) is 0 Å². The van der Waals surface area contributed by atoms with E-state index in [1.807, 2.05) is 11.8 Å². The van der Waals surface area contributed by atoms with Gasteiger partial charge in [0.05, 0.1) is 30.6 Å². The van der Waals surface area contributed by atoms with Crippen LogP contribution in [0, 0.1) is 0 Å². The summed E-state index contributed by atoms with van der Waals surface area (Å²) in [6.45, 7) is 3.96. The van der Waals surface area contributed by atoms with Gasteiger partial charge in [0, 0.05) is 55.7 Å². The van der Waals surface area contributed by atoms with Gasteiger partial charge in [-0.15, -0.1) is 13.2 Å². The second kappa shape index (κ2) is 15.6. The van der Waals surface area contributed by atoms with Crippen LogP contribution in [0.15, 0.2) is 67.0 Å². The first-order valence-electron chi connectivity index (χ1n) is 16.8. The summed E-state index contributed by atoms with van der Waals surface area (Å²) < 4.78 is 49.5. The number of anilines is 2. The zero-order chi connectivity index (χ0) is 37.7. The number of likely N-dealkylation sites (tertiary alicyclic amines) is 1. The van der Waals surface area contributed by atoms with Gasteiger partial charge in [0.15, 0.2) is 0 Å². The molecule has 2 aliphatic heterocycles. The molecule has 2 atom stereocenters. The number of H-pyrrole nitrogens is 1. The fourth-order valence-electron chi connectivity index (χ4n) is 6.45. The van der Waals surface area contributed by atoms with Gasteiger partial charge in [0.2, 0.25) is 12.3 Å². The summed E-state index contributed by atoms with van der Waals surface area (Å²) in [7, 11) is 1.21. The first-order chi connectivity index (χ1) is 25.4. The number of aromatic amines is 1. The second-order valence-corrected chi connectivity index (χ2v) is 12.6. The summed E-state index contributed by atoms with van der Waals surface area (Å²) in [6.07, 6.45) is -0.428. The van der Waals surface area contributed by atoms with Gasteiger partial charge in [-0.3, -0.25) is 14.4 Å². The minimum Gasteiger partial charge on any atom is -0.453 e. The molecule has 14 nitrogen and oxygen atoms in total. The second-order valence-electron chi connectivity index (χ2n) is 12.6. The molecule has 0 radical (unpaired) electrons. The summed E-state index contributed by atoms with van der Waals surface area (Å²) >= 11 is 0. The number of alkyl halides is 3. The molecule has 53 heavy (non-hydrogen) atoms. The first kappa shape index (κ1) is 36.7. The lowest BCUT2D eigenvalue weighted by Crippen LogP contribution is -2.51. The van der Waals surface area contributed by atoms with Crippen molar-refractivity contribution in [1.82, 2.24) is 30.1 Å². The van der Waals surface area contributed by atoms with E-state index in [1.165, 1.54) is 25.4 Å². The highest BCUT2D eigenvalue weighted by atomic mass is 19.4. The number of rotatable bonds is 10. The fourth-order valence-corrected chi connectivity index (χ4v) is 6.45. The van der Waals surface area contributed by atoms with Crippen LogP contribution >= 0.6 is 0 Å². The molecule has 2 fully saturated rings. The SMILES string of the molecule is COC(=O)NCC(=O)N1CCCC1c1ncc(-c2ccc(-c3ccc(NC(=O)c4ccc(N5CCN(C=O)C(C)C5)nc4)cc3OC(F)(F)F)cc2)[nH]1. The Morgan fingerprint density at radius 3 is 2.45 bits per heavy atom. The number of hydrogen-bond acceptors (Lipinski definition) is 9. The zero-order valence-corrected chi connectivity index (χ0v) is 28.9. The molecule has 3 N–H and O–H groups in total. The highest BCUT2D eigenvalue weighted by molar-refractivity contribution is 6.04. The maximum absolute atomic E-state index is 13.5. The van der Waals surface area contributed by atoms with Crippen molar-refractivity contribution in [3.8, 4) is 28.1 Å². The average molecular weight is 735 g/mol. The van der Waals surface area contributed by atoms with Crippen LogP contribution in [0.3, 0.4) is 0 Å². The van der Waals surface area contributed by atoms with Crippen molar-refractivity contribution in [3.63, 3.8) is 0 Å². The molecule has 0 aliphatic carbocycles. The van der Waals surface area contributed by atoms with Crippen LogP contribution in [-0.4, -0.2) is 101 Å². The third kappa shape index (κ3) is 8.68. The van der Waals surface area contributed by atoms with E-state index in [2.05, 4.69) is 35.1 Å². The molecule has 2 unspecified atom stereocenters. The van der Waals surface area contributed by atoms with E-state index in [9.17, 15) is 32.3 Å². The molecule has 4 amide bonds. The van der Waals surface area contributed by atoms with Gasteiger partial charge in [-0.05, 0) is 55.2 Å². The van der Waals surface area contributed by atoms with Crippen LogP contribution in [0.1, 0.15) is 42.0 Å². The lowest BCUT2D eigenvalue weighted by molar-refractivity contribution is -0.274. The van der Waals surface area contributed by atoms with Crippen LogP contribution in [0.5, 0.6) is 5.75 Å². The molecule has 4 heterocycles. The van der Waals surface area contributed by atoms with Gasteiger partial charge < -0.3 is 39.8 Å². The Hall–Kier alpha value is -6.13. The number of carbonyl (C=O) groups is 4. The number of carbonyl (C=O) groups excluding carboxylic acids is 4. The predicted octanol–water partition coefficient (Wildman–Crippen LogP) is 4.98. The highest BCUT2D eigenvalue weighted by Gasteiger charge is 2.34. The quantitative estimate of drug-likeness (QED) is 0.191. The number of halogens is 3. The van der Waals surface area contributed by atoms with Crippen molar-refractivity contribution >= 4 is 35.8 Å². The van der Waals surface area contributed by atoms with Crippen LogP contribution < -0.4 is 20.3 Å². The number of pyridine rings is 1. The molecule has 17 heteroatoms. The molecule has 0 spiro atoms. The minimum absolute atomic E-state index is 0.00279. The van der Waals surface area contributed by atoms with Gasteiger partial charge in [-0.2, -0.15) is 0 Å². The number of aromatic nitrogens is 3. The van der Waals surface area contributed by atoms with Gasteiger partial charge in [0.1, 0.15) is 23.9 Å². The summed E-state index contributed by atoms with van der Waals surface area (Å²) in [5.41, 5.74) is 2.21. The van der Waals surface area contributed by atoms with E-state index < -0.39 is 24.1 Å². The van der Waals surface area contributed by atoms with Crippen LogP contribution in [0.2, 0.25) is 0 Å². The Morgan fingerprint density at radius 2 is 1.77 bits per heavy atom. The number of amides is 4. The molecule has 0 saturated carbocycles. The Morgan fingerprint density at radius 1 is 1.00 bits per heavy atom. The fraction of sp³-hybridized carbons (Fsp3) is 0.333. The molecule has 0 bridgehead atoms. The number of imidazole rings is 1. The first-order valence-corrected chi connectivity index (χ1v) is 16.8. The predicted molar refractivity (Wildman–Crippen MR) is 187 cm³/mol.